The highest BCUT2D eigenvalue weighted by Gasteiger charge is 2.07. The number of benzene rings is 1. The van der Waals surface area contributed by atoms with Gasteiger partial charge in [-0.3, -0.25) is 4.79 Å². The average Bonchev–Trinajstić information content (AvgIpc) is 2.79. The van der Waals surface area contributed by atoms with Crippen molar-refractivity contribution < 1.29 is 4.79 Å². The van der Waals surface area contributed by atoms with Gasteiger partial charge in [-0.05, 0) is 24.3 Å². The van der Waals surface area contributed by atoms with Crippen LogP contribution in [-0.2, 0) is 17.8 Å². The highest BCUT2D eigenvalue weighted by molar-refractivity contribution is 9.10. The van der Waals surface area contributed by atoms with Crippen LogP contribution in [0.4, 0.5) is 5.69 Å². The van der Waals surface area contributed by atoms with Crippen LogP contribution in [-0.4, -0.2) is 10.9 Å². The molecule has 2 rings (SSSR count). The highest BCUT2D eigenvalue weighted by Crippen LogP contribution is 2.15. The topological polar surface area (TPSA) is 68.0 Å². The maximum absolute atomic E-state index is 11.8. The van der Waals surface area contributed by atoms with Gasteiger partial charge in [-0.15, -0.1) is 11.3 Å². The van der Waals surface area contributed by atoms with Gasteiger partial charge in [-0.1, -0.05) is 15.9 Å². The molecule has 0 aliphatic rings. The molecule has 1 aromatic carbocycles. The van der Waals surface area contributed by atoms with E-state index in [1.165, 1.54) is 11.3 Å². The van der Waals surface area contributed by atoms with Crippen LogP contribution in [0.3, 0.4) is 0 Å². The summed E-state index contributed by atoms with van der Waals surface area (Å²) in [5.74, 6) is -0.0776. The first-order valence-electron chi connectivity index (χ1n) is 5.36. The van der Waals surface area contributed by atoms with E-state index in [4.69, 9.17) is 5.73 Å². The Hall–Kier alpha value is -1.24. The molecule has 18 heavy (non-hydrogen) atoms. The number of nitrogens with zero attached hydrogens (tertiary/aromatic N) is 1. The number of carbonyl (C=O) groups is 1. The average molecular weight is 326 g/mol. The normalized spacial score (nSPS) is 10.3. The molecule has 3 N–H and O–H groups in total. The lowest BCUT2D eigenvalue weighted by Gasteiger charge is -2.03. The lowest BCUT2D eigenvalue weighted by molar-refractivity contribution is -0.115. The summed E-state index contributed by atoms with van der Waals surface area (Å²) in [7, 11) is 0. The molecule has 2 aromatic rings. The van der Waals surface area contributed by atoms with Crippen molar-refractivity contribution >= 4 is 38.9 Å². The standard InChI is InChI=1S/C12H12BrN3OS/c13-8-1-3-9(4-2-8)15-11(17)5-10-7-18-12(6-14)16-10/h1-4,7H,5-6,14H2,(H,15,17). The highest BCUT2D eigenvalue weighted by atomic mass is 79.9. The molecule has 0 aliphatic heterocycles. The molecular formula is C12H12BrN3OS. The van der Waals surface area contributed by atoms with Gasteiger partial charge in [0, 0.05) is 22.1 Å². The second kappa shape index (κ2) is 6.08. The van der Waals surface area contributed by atoms with Crippen LogP contribution in [0.1, 0.15) is 10.7 Å². The summed E-state index contributed by atoms with van der Waals surface area (Å²) in [6.07, 6.45) is 0.270. The zero-order chi connectivity index (χ0) is 13.0. The Balaban J connectivity index is 1.94. The monoisotopic (exact) mass is 325 g/mol. The van der Waals surface area contributed by atoms with Gasteiger partial charge in [-0.25, -0.2) is 4.98 Å². The summed E-state index contributed by atoms with van der Waals surface area (Å²) in [4.78, 5) is 16.0. The predicted molar refractivity (Wildman–Crippen MR) is 76.5 cm³/mol. The quantitative estimate of drug-likeness (QED) is 0.907. The van der Waals surface area contributed by atoms with E-state index in [0.717, 1.165) is 20.9 Å². The van der Waals surface area contributed by atoms with Gasteiger partial charge in [0.25, 0.3) is 0 Å². The van der Waals surface area contributed by atoms with Crippen LogP contribution in [0.5, 0.6) is 0 Å². The number of anilines is 1. The molecule has 94 valence electrons. The van der Waals surface area contributed by atoms with Crippen molar-refractivity contribution in [2.75, 3.05) is 5.32 Å². The lowest BCUT2D eigenvalue weighted by atomic mass is 10.3. The van der Waals surface area contributed by atoms with Crippen LogP contribution < -0.4 is 11.1 Å². The van der Waals surface area contributed by atoms with Crippen LogP contribution in [0, 0.1) is 0 Å². The number of aromatic nitrogens is 1. The largest absolute Gasteiger partial charge is 0.326 e. The van der Waals surface area contributed by atoms with Gasteiger partial charge >= 0.3 is 0 Å². The van der Waals surface area contributed by atoms with Crippen LogP contribution >= 0.6 is 27.3 Å². The molecule has 0 aliphatic carbocycles. The molecule has 0 fully saturated rings. The van der Waals surface area contributed by atoms with Crippen molar-refractivity contribution in [2.45, 2.75) is 13.0 Å². The van der Waals surface area contributed by atoms with Crippen LogP contribution in [0.2, 0.25) is 0 Å². The van der Waals surface area contributed by atoms with E-state index >= 15 is 0 Å². The molecule has 6 heteroatoms. The number of carbonyl (C=O) groups excluding carboxylic acids is 1. The minimum Gasteiger partial charge on any atom is -0.326 e. The van der Waals surface area contributed by atoms with Crippen molar-refractivity contribution in [3.8, 4) is 0 Å². The van der Waals surface area contributed by atoms with E-state index in [2.05, 4.69) is 26.2 Å². The molecule has 0 saturated carbocycles. The number of amides is 1. The van der Waals surface area contributed by atoms with Gasteiger partial charge in [0.15, 0.2) is 0 Å². The fourth-order valence-electron chi connectivity index (χ4n) is 1.43. The molecule has 1 heterocycles. The third-order valence-electron chi connectivity index (χ3n) is 2.24. The molecule has 1 aromatic heterocycles. The van der Waals surface area contributed by atoms with E-state index in [1.807, 2.05) is 29.6 Å². The first kappa shape index (κ1) is 13.2. The number of halogens is 1. The Morgan fingerprint density at radius 3 is 2.72 bits per heavy atom. The summed E-state index contributed by atoms with van der Waals surface area (Å²) in [6.45, 7) is 0.416. The van der Waals surface area contributed by atoms with Gasteiger partial charge in [0.2, 0.25) is 5.91 Å². The fourth-order valence-corrected chi connectivity index (χ4v) is 2.37. The molecule has 0 spiro atoms. The van der Waals surface area contributed by atoms with Crippen LogP contribution in [0.25, 0.3) is 0 Å². The van der Waals surface area contributed by atoms with Crippen molar-refractivity contribution in [3.05, 3.63) is 44.8 Å². The molecule has 1 amide bonds. The second-order valence-corrected chi connectivity index (χ2v) is 5.53. The first-order chi connectivity index (χ1) is 8.67. The van der Waals surface area contributed by atoms with Crippen molar-refractivity contribution in [1.29, 1.82) is 0 Å². The van der Waals surface area contributed by atoms with Gasteiger partial charge < -0.3 is 11.1 Å². The summed E-state index contributed by atoms with van der Waals surface area (Å²) < 4.78 is 0.979. The summed E-state index contributed by atoms with van der Waals surface area (Å²) in [6, 6.07) is 7.44. The van der Waals surface area contributed by atoms with Gasteiger partial charge in [0.05, 0.1) is 12.1 Å². The minimum atomic E-state index is -0.0776. The van der Waals surface area contributed by atoms with Crippen molar-refractivity contribution in [3.63, 3.8) is 0 Å². The summed E-state index contributed by atoms with van der Waals surface area (Å²) in [5.41, 5.74) is 7.01. The molecule has 4 nitrogen and oxygen atoms in total. The Labute approximate surface area is 117 Å². The van der Waals surface area contributed by atoms with E-state index in [9.17, 15) is 4.79 Å². The van der Waals surface area contributed by atoms with Crippen LogP contribution in [0.15, 0.2) is 34.1 Å². The molecule has 0 unspecified atom stereocenters. The molecule has 0 atom stereocenters. The smallest absolute Gasteiger partial charge is 0.230 e. The molecule has 0 saturated heterocycles. The van der Waals surface area contributed by atoms with E-state index in [1.54, 1.807) is 0 Å². The predicted octanol–water partition coefficient (Wildman–Crippen LogP) is 2.55. The first-order valence-corrected chi connectivity index (χ1v) is 7.03. The van der Waals surface area contributed by atoms with Gasteiger partial charge in [-0.2, -0.15) is 0 Å². The maximum atomic E-state index is 11.8. The van der Waals surface area contributed by atoms with E-state index in [0.29, 0.717) is 6.54 Å². The summed E-state index contributed by atoms with van der Waals surface area (Å²) in [5, 5.41) is 5.53. The number of thiazole rings is 1. The SMILES string of the molecule is NCc1nc(CC(=O)Nc2ccc(Br)cc2)cs1. The lowest BCUT2D eigenvalue weighted by Crippen LogP contribution is -2.14. The molecular weight excluding hydrogens is 314 g/mol. The van der Waals surface area contributed by atoms with Crippen molar-refractivity contribution in [2.24, 2.45) is 5.73 Å². The molecule has 0 bridgehead atoms. The molecule has 0 radical (unpaired) electrons. The third-order valence-corrected chi connectivity index (χ3v) is 3.69. The number of nitrogens with two attached hydrogens (primary N) is 1. The maximum Gasteiger partial charge on any atom is 0.230 e. The fraction of sp³-hybridized carbons (Fsp3) is 0.167. The zero-order valence-electron chi connectivity index (χ0n) is 9.52. The number of rotatable bonds is 4. The second-order valence-electron chi connectivity index (χ2n) is 3.67. The van der Waals surface area contributed by atoms with Gasteiger partial charge in [0.1, 0.15) is 5.01 Å². The number of nitrogens with one attached hydrogen (secondary N) is 1. The zero-order valence-corrected chi connectivity index (χ0v) is 11.9. The minimum absolute atomic E-state index is 0.0776. The Morgan fingerprint density at radius 1 is 1.39 bits per heavy atom. The Morgan fingerprint density at radius 2 is 2.11 bits per heavy atom. The van der Waals surface area contributed by atoms with E-state index < -0.39 is 0 Å². The van der Waals surface area contributed by atoms with Crippen molar-refractivity contribution in [1.82, 2.24) is 4.98 Å². The summed E-state index contributed by atoms with van der Waals surface area (Å²) >= 11 is 4.82. The third kappa shape index (κ3) is 3.63. The number of hydrogen-bond donors (Lipinski definition) is 2. The Bertz CT molecular complexity index is 539. The van der Waals surface area contributed by atoms with E-state index in [-0.39, 0.29) is 12.3 Å². The Kier molecular flexibility index (Phi) is 4.46. The number of hydrogen-bond acceptors (Lipinski definition) is 4.